The molecule has 2 aliphatic carbocycles. The van der Waals surface area contributed by atoms with Crippen molar-refractivity contribution < 1.29 is 9.53 Å². The van der Waals surface area contributed by atoms with Gasteiger partial charge in [-0.2, -0.15) is 0 Å². The molecule has 138 valence electrons. The summed E-state index contributed by atoms with van der Waals surface area (Å²) in [6.45, 7) is 0. The Labute approximate surface area is 156 Å². The van der Waals surface area contributed by atoms with E-state index in [-0.39, 0.29) is 11.9 Å². The molecule has 0 radical (unpaired) electrons. The zero-order valence-electron chi connectivity index (χ0n) is 14.5. The largest absolute Gasteiger partial charge is 0.374 e. The van der Waals surface area contributed by atoms with E-state index in [4.69, 9.17) is 27.9 Å². The predicted molar refractivity (Wildman–Crippen MR) is 98.5 cm³/mol. The second kappa shape index (κ2) is 9.09. The number of hydrogen-bond donors (Lipinski definition) is 1. The van der Waals surface area contributed by atoms with Crippen molar-refractivity contribution >= 4 is 29.1 Å². The summed E-state index contributed by atoms with van der Waals surface area (Å²) in [5.74, 6) is 1.06. The molecule has 0 aromatic rings. The van der Waals surface area contributed by atoms with Crippen molar-refractivity contribution in [2.45, 2.75) is 100 Å². The zero-order chi connectivity index (χ0) is 16.9. The molecule has 1 unspecified atom stereocenters. The molecule has 1 heterocycles. The molecule has 1 saturated heterocycles. The lowest BCUT2D eigenvalue weighted by atomic mass is 9.77. The van der Waals surface area contributed by atoms with Crippen LogP contribution in [0.2, 0.25) is 0 Å². The van der Waals surface area contributed by atoms with Gasteiger partial charge in [-0.05, 0) is 50.4 Å². The van der Waals surface area contributed by atoms with Crippen LogP contribution in [0.4, 0.5) is 0 Å². The van der Waals surface area contributed by atoms with E-state index in [0.29, 0.717) is 24.0 Å². The molecule has 0 bridgehead atoms. The lowest BCUT2D eigenvalue weighted by Crippen LogP contribution is -2.50. The number of hydrogen-bond acceptors (Lipinski definition) is 2. The van der Waals surface area contributed by atoms with Crippen molar-refractivity contribution in [2.75, 3.05) is 0 Å². The molecule has 0 aromatic carbocycles. The molecular weight excluding hydrogens is 345 g/mol. The van der Waals surface area contributed by atoms with E-state index in [1.54, 1.807) is 0 Å². The van der Waals surface area contributed by atoms with E-state index in [9.17, 15) is 4.79 Å². The van der Waals surface area contributed by atoms with Gasteiger partial charge in [0, 0.05) is 6.04 Å². The number of alkyl halides is 2. The molecule has 1 N–H and O–H groups in total. The number of halogens is 2. The summed E-state index contributed by atoms with van der Waals surface area (Å²) in [6.07, 6.45) is 15.5. The minimum atomic E-state index is -0.978. The maximum absolute atomic E-state index is 12.0. The molecule has 3 nitrogen and oxygen atoms in total. The minimum absolute atomic E-state index is 0.158. The van der Waals surface area contributed by atoms with Gasteiger partial charge in [0.15, 0.2) is 4.84 Å². The molecule has 5 heteroatoms. The van der Waals surface area contributed by atoms with Crippen LogP contribution in [0.25, 0.3) is 0 Å². The first-order chi connectivity index (χ1) is 11.6. The third-order valence-corrected chi connectivity index (χ3v) is 6.68. The van der Waals surface area contributed by atoms with Crippen molar-refractivity contribution in [3.05, 3.63) is 0 Å². The summed E-state index contributed by atoms with van der Waals surface area (Å²) in [4.78, 5) is 11.0. The lowest BCUT2D eigenvalue weighted by Gasteiger charge is -2.44. The third kappa shape index (κ3) is 5.02. The maximum atomic E-state index is 12.0. The van der Waals surface area contributed by atoms with Crippen LogP contribution in [-0.4, -0.2) is 29.0 Å². The van der Waals surface area contributed by atoms with Crippen LogP contribution in [0.1, 0.15) is 77.0 Å². The van der Waals surface area contributed by atoms with Crippen molar-refractivity contribution in [2.24, 2.45) is 11.8 Å². The van der Waals surface area contributed by atoms with Crippen molar-refractivity contribution in [1.29, 1.82) is 0 Å². The highest BCUT2D eigenvalue weighted by Gasteiger charge is 2.38. The Kier molecular flexibility index (Phi) is 7.12. The van der Waals surface area contributed by atoms with Crippen LogP contribution in [0.15, 0.2) is 0 Å². The Morgan fingerprint density at radius 3 is 1.71 bits per heavy atom. The predicted octanol–water partition coefficient (Wildman–Crippen LogP) is 4.98. The minimum Gasteiger partial charge on any atom is -0.374 e. The maximum Gasteiger partial charge on any atom is 0.253 e. The van der Waals surface area contributed by atoms with Gasteiger partial charge in [0.05, 0.1) is 12.2 Å². The summed E-state index contributed by atoms with van der Waals surface area (Å²) in [5, 5.41) is 3.07. The molecule has 3 atom stereocenters. The number of carbonyl (C=O) groups excluding carboxylic acids is 1. The lowest BCUT2D eigenvalue weighted by molar-refractivity contribution is -0.131. The van der Waals surface area contributed by atoms with Crippen molar-refractivity contribution in [1.82, 2.24) is 5.32 Å². The van der Waals surface area contributed by atoms with Gasteiger partial charge < -0.3 is 10.1 Å². The Balaban J connectivity index is 1.65. The van der Waals surface area contributed by atoms with Gasteiger partial charge >= 0.3 is 0 Å². The van der Waals surface area contributed by atoms with E-state index in [1.165, 1.54) is 64.2 Å². The Morgan fingerprint density at radius 2 is 1.29 bits per heavy atom. The normalized spacial score (nSPS) is 33.5. The smallest absolute Gasteiger partial charge is 0.253 e. The third-order valence-electron chi connectivity index (χ3n) is 6.28. The van der Waals surface area contributed by atoms with Gasteiger partial charge in [-0.25, -0.2) is 0 Å². The topological polar surface area (TPSA) is 38.3 Å². The standard InChI is InChI=1S/C19H31Cl2NO2/c20-18(21)19(23)22-15-11-16(13-7-3-1-4-8-13)24-17(12-15)14-9-5-2-6-10-14/h13-18H,1-12H2,(H,22,23)/t15?,16-,17+. The summed E-state index contributed by atoms with van der Waals surface area (Å²) in [6, 6.07) is 0.158. The van der Waals surface area contributed by atoms with E-state index < -0.39 is 4.84 Å². The van der Waals surface area contributed by atoms with Crippen LogP contribution >= 0.6 is 23.2 Å². The van der Waals surface area contributed by atoms with Gasteiger partial charge in [-0.15, -0.1) is 0 Å². The fourth-order valence-corrected chi connectivity index (χ4v) is 5.12. The second-order valence-corrected chi connectivity index (χ2v) is 9.08. The number of rotatable bonds is 4. The highest BCUT2D eigenvalue weighted by Crippen LogP contribution is 2.39. The summed E-state index contributed by atoms with van der Waals surface area (Å²) in [7, 11) is 0. The SMILES string of the molecule is O=C(NC1C[C@@H](C2CCCCC2)O[C@@H](C2CCCCC2)C1)C(Cl)Cl. The zero-order valence-corrected chi connectivity index (χ0v) is 16.0. The van der Waals surface area contributed by atoms with E-state index in [0.717, 1.165) is 12.8 Å². The molecular formula is C19H31Cl2NO2. The molecule has 24 heavy (non-hydrogen) atoms. The number of carbonyl (C=O) groups is 1. The average Bonchev–Trinajstić information content (AvgIpc) is 2.63. The first-order valence-corrected chi connectivity index (χ1v) is 10.7. The Morgan fingerprint density at radius 1 is 0.833 bits per heavy atom. The van der Waals surface area contributed by atoms with E-state index in [2.05, 4.69) is 5.32 Å². The van der Waals surface area contributed by atoms with E-state index >= 15 is 0 Å². The number of ether oxygens (including phenoxy) is 1. The van der Waals surface area contributed by atoms with Crippen LogP contribution in [0, 0.1) is 11.8 Å². The molecule has 0 spiro atoms. The van der Waals surface area contributed by atoms with Crippen LogP contribution < -0.4 is 5.32 Å². The fourth-order valence-electron chi connectivity index (χ4n) is 4.99. The molecule has 0 aromatic heterocycles. The average molecular weight is 376 g/mol. The van der Waals surface area contributed by atoms with Crippen LogP contribution in [0.3, 0.4) is 0 Å². The summed E-state index contributed by atoms with van der Waals surface area (Å²) >= 11 is 11.5. The van der Waals surface area contributed by atoms with Gasteiger partial charge in [0.1, 0.15) is 0 Å². The van der Waals surface area contributed by atoms with Gasteiger partial charge in [-0.3, -0.25) is 4.79 Å². The van der Waals surface area contributed by atoms with Crippen LogP contribution in [0.5, 0.6) is 0 Å². The van der Waals surface area contributed by atoms with Crippen molar-refractivity contribution in [3.63, 3.8) is 0 Å². The monoisotopic (exact) mass is 375 g/mol. The number of amides is 1. The molecule has 3 rings (SSSR count). The van der Waals surface area contributed by atoms with Crippen LogP contribution in [-0.2, 0) is 9.53 Å². The Bertz CT molecular complexity index is 380. The highest BCUT2D eigenvalue weighted by molar-refractivity contribution is 6.53. The van der Waals surface area contributed by atoms with Gasteiger partial charge in [0.2, 0.25) is 0 Å². The number of nitrogens with one attached hydrogen (secondary N) is 1. The first-order valence-electron chi connectivity index (χ1n) is 9.87. The first kappa shape index (κ1) is 18.8. The molecule has 1 amide bonds. The summed E-state index contributed by atoms with van der Waals surface area (Å²) in [5.41, 5.74) is 0. The van der Waals surface area contributed by atoms with Crippen molar-refractivity contribution in [3.8, 4) is 0 Å². The molecule has 1 aliphatic heterocycles. The summed E-state index contributed by atoms with van der Waals surface area (Å²) < 4.78 is 6.62. The molecule has 3 aliphatic rings. The highest BCUT2D eigenvalue weighted by atomic mass is 35.5. The van der Waals surface area contributed by atoms with E-state index in [1.807, 2.05) is 0 Å². The quantitative estimate of drug-likeness (QED) is 0.703. The molecule has 2 saturated carbocycles. The second-order valence-electron chi connectivity index (χ2n) is 7.99. The Hall–Kier alpha value is 0.01000. The van der Waals surface area contributed by atoms with Gasteiger partial charge in [-0.1, -0.05) is 61.7 Å². The fraction of sp³-hybridized carbons (Fsp3) is 0.947. The van der Waals surface area contributed by atoms with Gasteiger partial charge in [0.25, 0.3) is 5.91 Å². The molecule has 3 fully saturated rings.